The average molecular weight is 792 g/mol. The lowest BCUT2D eigenvalue weighted by Crippen LogP contribution is -2.38. The van der Waals surface area contributed by atoms with Gasteiger partial charge in [-0.2, -0.15) is 0 Å². The lowest BCUT2D eigenvalue weighted by Gasteiger charge is -2.33. The fourth-order valence-electron chi connectivity index (χ4n) is 10.6. The summed E-state index contributed by atoms with van der Waals surface area (Å²) in [7, 11) is 0. The lowest BCUT2D eigenvalue weighted by molar-refractivity contribution is -0.151. The highest BCUT2D eigenvalue weighted by Crippen LogP contribution is 2.55. The maximum Gasteiger partial charge on any atom is 0.306 e. The van der Waals surface area contributed by atoms with Gasteiger partial charge in [0, 0.05) is 68.6 Å². The van der Waals surface area contributed by atoms with E-state index in [2.05, 4.69) is 0 Å². The van der Waals surface area contributed by atoms with Crippen molar-refractivity contribution in [1.82, 2.24) is 0 Å². The molecule has 0 aromatic heterocycles. The van der Waals surface area contributed by atoms with Crippen LogP contribution in [0.1, 0.15) is 119 Å². The minimum Gasteiger partial charge on any atom is -0.465 e. The first-order valence-corrected chi connectivity index (χ1v) is 21.7. The Hall–Kier alpha value is -2.57. The van der Waals surface area contributed by atoms with Crippen LogP contribution >= 0.6 is 0 Å². The molecule has 12 heteroatoms. The van der Waals surface area contributed by atoms with Crippen molar-refractivity contribution in [1.29, 1.82) is 0 Å². The van der Waals surface area contributed by atoms with Crippen molar-refractivity contribution in [2.75, 3.05) is 39.6 Å². The molecule has 4 saturated carbocycles. The molecule has 0 bridgehead atoms. The lowest BCUT2D eigenvalue weighted by atomic mass is 9.73. The van der Waals surface area contributed by atoms with Crippen LogP contribution in [0.25, 0.3) is 0 Å². The molecule has 0 amide bonds. The first-order valence-electron chi connectivity index (χ1n) is 21.7. The van der Waals surface area contributed by atoms with Crippen molar-refractivity contribution in [2.24, 2.45) is 88.6 Å². The van der Waals surface area contributed by atoms with E-state index in [0.717, 1.165) is 25.7 Å². The van der Waals surface area contributed by atoms with Crippen LogP contribution in [0.4, 0.5) is 0 Å². The van der Waals surface area contributed by atoms with Crippen LogP contribution in [0.15, 0.2) is 0 Å². The van der Waals surface area contributed by atoms with E-state index in [0.29, 0.717) is 32.1 Å². The van der Waals surface area contributed by atoms with Crippen molar-refractivity contribution in [3.05, 3.63) is 0 Å². The second-order valence-corrected chi connectivity index (χ2v) is 19.1. The first-order chi connectivity index (χ1) is 26.6. The van der Waals surface area contributed by atoms with Crippen molar-refractivity contribution >= 4 is 29.7 Å². The molecule has 4 aliphatic carbocycles. The summed E-state index contributed by atoms with van der Waals surface area (Å²) in [6, 6.07) is 0.187. The highest BCUT2D eigenvalue weighted by atomic mass is 16.5. The van der Waals surface area contributed by atoms with Crippen molar-refractivity contribution in [2.45, 2.75) is 125 Å². The van der Waals surface area contributed by atoms with Gasteiger partial charge in [-0.25, -0.2) is 0 Å². The number of nitrogens with two attached hydrogens (primary N) is 1. The molecule has 320 valence electrons. The van der Waals surface area contributed by atoms with Gasteiger partial charge in [0.05, 0.1) is 26.4 Å². The molecule has 4 N–H and O–H groups in total. The largest absolute Gasteiger partial charge is 0.465 e. The van der Waals surface area contributed by atoms with Gasteiger partial charge in [-0.15, -0.1) is 0 Å². The van der Waals surface area contributed by atoms with Crippen molar-refractivity contribution in [3.8, 4) is 0 Å². The van der Waals surface area contributed by atoms with Gasteiger partial charge in [0.25, 0.3) is 0 Å². The van der Waals surface area contributed by atoms with Crippen LogP contribution in [0.2, 0.25) is 0 Å². The molecule has 12 nitrogen and oxygen atoms in total. The number of ether oxygens (including phenoxy) is 4. The van der Waals surface area contributed by atoms with E-state index < -0.39 is 11.8 Å². The molecule has 0 spiro atoms. The Labute approximate surface area is 335 Å². The van der Waals surface area contributed by atoms with E-state index in [1.165, 1.54) is 0 Å². The number of ketones is 1. The first kappa shape index (κ1) is 46.1. The Morgan fingerprint density at radius 1 is 0.571 bits per heavy atom. The van der Waals surface area contributed by atoms with Gasteiger partial charge in [-0.1, -0.05) is 41.5 Å². The molecule has 56 heavy (non-hydrogen) atoms. The van der Waals surface area contributed by atoms with Crippen LogP contribution < -0.4 is 5.73 Å². The minimum atomic E-state index is -0.426. The average Bonchev–Trinajstić information content (AvgIpc) is 3.79. The zero-order valence-electron chi connectivity index (χ0n) is 35.0. The van der Waals surface area contributed by atoms with Gasteiger partial charge >= 0.3 is 23.9 Å². The fourth-order valence-corrected chi connectivity index (χ4v) is 10.6. The number of hydrogen-bond donors (Lipinski definition) is 3. The molecule has 4 unspecified atom stereocenters. The highest BCUT2D eigenvalue weighted by Gasteiger charge is 2.56. The number of esters is 4. The third-order valence-corrected chi connectivity index (χ3v) is 13.3. The van der Waals surface area contributed by atoms with Crippen LogP contribution in [0, 0.1) is 82.9 Å². The normalized spacial score (nSPS) is 33.3. The van der Waals surface area contributed by atoms with E-state index >= 15 is 0 Å². The summed E-state index contributed by atoms with van der Waals surface area (Å²) in [6.45, 7) is 11.8. The molecular formula is C44H73NO11. The predicted molar refractivity (Wildman–Crippen MR) is 209 cm³/mol. The molecule has 0 saturated heterocycles. The summed E-state index contributed by atoms with van der Waals surface area (Å²) < 4.78 is 23.3. The molecule has 4 aliphatic rings. The van der Waals surface area contributed by atoms with Gasteiger partial charge in [-0.05, 0) is 111 Å². The smallest absolute Gasteiger partial charge is 0.306 e. The molecule has 4 fully saturated rings. The molecule has 4 rings (SSSR count). The third kappa shape index (κ3) is 13.0. The molecule has 0 heterocycles. The number of aliphatic hydroxyl groups excluding tert-OH is 2. The molecule has 0 aromatic carbocycles. The van der Waals surface area contributed by atoms with E-state index in [-0.39, 0.29) is 166 Å². The maximum atomic E-state index is 14.8. The van der Waals surface area contributed by atoms with Gasteiger partial charge < -0.3 is 34.9 Å². The van der Waals surface area contributed by atoms with Crippen LogP contribution in [-0.4, -0.2) is 85.6 Å². The number of rotatable bonds is 20. The monoisotopic (exact) mass is 792 g/mol. The molecule has 0 aromatic rings. The van der Waals surface area contributed by atoms with Crippen LogP contribution in [0.5, 0.6) is 0 Å². The number of carbonyl (C=O) groups excluding carboxylic acids is 5. The Balaban J connectivity index is 1.54. The summed E-state index contributed by atoms with van der Waals surface area (Å²) in [4.78, 5) is 66.0. The Morgan fingerprint density at radius 3 is 1.32 bits per heavy atom. The summed E-state index contributed by atoms with van der Waals surface area (Å²) >= 11 is 0. The zero-order chi connectivity index (χ0) is 41.1. The number of Topliss-reactive ketones (excluding diaryl/α,β-unsaturated/α-hetero) is 1. The van der Waals surface area contributed by atoms with Crippen molar-refractivity contribution < 1.29 is 53.1 Å². The predicted octanol–water partition coefficient (Wildman–Crippen LogP) is 5.52. The second-order valence-electron chi connectivity index (χ2n) is 19.1. The highest BCUT2D eigenvalue weighted by molar-refractivity contribution is 5.86. The van der Waals surface area contributed by atoms with Gasteiger partial charge in [0.2, 0.25) is 0 Å². The number of carbonyl (C=O) groups is 5. The number of hydrogen-bond acceptors (Lipinski definition) is 12. The van der Waals surface area contributed by atoms with E-state index in [1.54, 1.807) is 0 Å². The quantitative estimate of drug-likeness (QED) is 0.104. The molecular weight excluding hydrogens is 718 g/mol. The Kier molecular flexibility index (Phi) is 18.1. The van der Waals surface area contributed by atoms with Gasteiger partial charge in [0.1, 0.15) is 5.78 Å². The second kappa shape index (κ2) is 22.0. The standard InChI is InChI=1S/C44H73NO11/c1-25(2)13-38(48)53-21-31-17-29(19-46)42(36(31)23-55-39(49)14-26(3)4)34-11-12-35(44(34)52)43-30(20-47)18-32(37(43)24-56-40(50)15-27(5)6)22-54-41(51)16-28-7-9-33(45)10-8-28/h25-37,42-43,46-47H,7-24,45H2,1-6H3/t28?,29-,30+,31+,32-,33?,34?,35?,36-,37+,42?,43?/m0/s1. The van der Waals surface area contributed by atoms with E-state index in [9.17, 15) is 34.2 Å². The SMILES string of the molecule is CC(C)CC(=O)OC[C@H]1C[C@@H](CO)C(C2CCC(C3[C@@H](CO)C[C@@H](COC(=O)CC4CCC(N)CC4)[C@H]3COC(=O)CC(C)C)C2=O)[C@H]1COC(=O)CC(C)C. The maximum absolute atomic E-state index is 14.8. The summed E-state index contributed by atoms with van der Waals surface area (Å²) in [5.74, 6) is -3.45. The molecule has 0 aliphatic heterocycles. The van der Waals surface area contributed by atoms with Crippen LogP contribution in [0.3, 0.4) is 0 Å². The van der Waals surface area contributed by atoms with Crippen molar-refractivity contribution in [3.63, 3.8) is 0 Å². The van der Waals surface area contributed by atoms with E-state index in [1.807, 2.05) is 41.5 Å². The number of aliphatic hydroxyl groups is 2. The third-order valence-electron chi connectivity index (χ3n) is 13.3. The molecule has 0 radical (unpaired) electrons. The van der Waals surface area contributed by atoms with E-state index in [4.69, 9.17) is 24.7 Å². The molecule has 10 atom stereocenters. The Morgan fingerprint density at radius 2 is 0.946 bits per heavy atom. The Bertz CT molecular complexity index is 1290. The van der Waals surface area contributed by atoms with Gasteiger partial charge in [0.15, 0.2) is 0 Å². The zero-order valence-corrected chi connectivity index (χ0v) is 35.0. The summed E-state index contributed by atoms with van der Waals surface area (Å²) in [5, 5.41) is 21.4. The summed E-state index contributed by atoms with van der Waals surface area (Å²) in [6.07, 6.45) is 6.96. The minimum absolute atomic E-state index is 0.0551. The van der Waals surface area contributed by atoms with Crippen LogP contribution in [-0.2, 0) is 42.9 Å². The summed E-state index contributed by atoms with van der Waals surface area (Å²) in [5.41, 5.74) is 6.06. The van der Waals surface area contributed by atoms with Gasteiger partial charge in [-0.3, -0.25) is 24.0 Å². The fraction of sp³-hybridized carbons (Fsp3) is 0.886. The topological polar surface area (TPSA) is 189 Å².